The van der Waals surface area contributed by atoms with Crippen LogP contribution in [0.5, 0.6) is 0 Å². The molecule has 0 spiro atoms. The highest BCUT2D eigenvalue weighted by Gasteiger charge is 2.19. The molecular formula is C64H104O6. The maximum absolute atomic E-state index is 12.9. The van der Waals surface area contributed by atoms with Gasteiger partial charge >= 0.3 is 17.9 Å². The number of allylic oxidation sites excluding steroid dienone is 20. The van der Waals surface area contributed by atoms with Crippen molar-refractivity contribution in [2.75, 3.05) is 13.2 Å². The fourth-order valence-electron chi connectivity index (χ4n) is 7.45. The van der Waals surface area contributed by atoms with Gasteiger partial charge in [-0.25, -0.2) is 0 Å². The van der Waals surface area contributed by atoms with Crippen LogP contribution in [-0.4, -0.2) is 37.2 Å². The Bertz CT molecular complexity index is 1490. The molecule has 0 aliphatic heterocycles. The first kappa shape index (κ1) is 65.8. The van der Waals surface area contributed by atoms with Crippen molar-refractivity contribution >= 4 is 17.9 Å². The van der Waals surface area contributed by atoms with Crippen LogP contribution in [0.15, 0.2) is 122 Å². The minimum atomic E-state index is -0.812. The van der Waals surface area contributed by atoms with Crippen molar-refractivity contribution in [1.29, 1.82) is 0 Å². The third-order valence-electron chi connectivity index (χ3n) is 11.7. The van der Waals surface area contributed by atoms with Crippen LogP contribution in [0.1, 0.15) is 245 Å². The summed E-state index contributed by atoms with van der Waals surface area (Å²) in [6, 6.07) is 0. The number of hydrogen-bond donors (Lipinski definition) is 0. The molecule has 0 N–H and O–H groups in total. The van der Waals surface area contributed by atoms with Crippen LogP contribution in [0.25, 0.3) is 0 Å². The Balaban J connectivity index is 4.50. The molecule has 0 fully saturated rings. The Morgan fingerprint density at radius 3 is 0.914 bits per heavy atom. The predicted molar refractivity (Wildman–Crippen MR) is 302 cm³/mol. The second kappa shape index (κ2) is 57.4. The fraction of sp³-hybridized carbons (Fsp3) is 0.641. The third kappa shape index (κ3) is 54.7. The Labute approximate surface area is 431 Å². The fourth-order valence-corrected chi connectivity index (χ4v) is 7.45. The molecule has 0 amide bonds. The second-order valence-corrected chi connectivity index (χ2v) is 18.4. The van der Waals surface area contributed by atoms with Gasteiger partial charge < -0.3 is 14.2 Å². The summed E-state index contributed by atoms with van der Waals surface area (Å²) in [5.41, 5.74) is 0. The van der Waals surface area contributed by atoms with Crippen molar-refractivity contribution in [2.45, 2.75) is 252 Å². The summed E-state index contributed by atoms with van der Waals surface area (Å²) in [7, 11) is 0. The first-order valence-electron chi connectivity index (χ1n) is 28.5. The van der Waals surface area contributed by atoms with Gasteiger partial charge in [0.15, 0.2) is 6.10 Å². The van der Waals surface area contributed by atoms with Gasteiger partial charge in [-0.15, -0.1) is 0 Å². The van der Waals surface area contributed by atoms with Crippen LogP contribution >= 0.6 is 0 Å². The molecule has 0 heterocycles. The second-order valence-electron chi connectivity index (χ2n) is 18.4. The van der Waals surface area contributed by atoms with Gasteiger partial charge in [0.05, 0.1) is 0 Å². The molecule has 396 valence electrons. The number of carbonyl (C=O) groups is 3. The Kier molecular flexibility index (Phi) is 54.0. The van der Waals surface area contributed by atoms with Gasteiger partial charge in [-0.2, -0.15) is 0 Å². The summed E-state index contributed by atoms with van der Waals surface area (Å²) >= 11 is 0. The highest BCUT2D eigenvalue weighted by atomic mass is 16.6. The van der Waals surface area contributed by atoms with Crippen molar-refractivity contribution in [2.24, 2.45) is 0 Å². The highest BCUT2D eigenvalue weighted by molar-refractivity contribution is 5.71. The average Bonchev–Trinajstić information content (AvgIpc) is 3.36. The van der Waals surface area contributed by atoms with Gasteiger partial charge in [-0.1, -0.05) is 219 Å². The van der Waals surface area contributed by atoms with E-state index in [1.165, 1.54) is 57.8 Å². The standard InChI is InChI=1S/C64H104O6/c1-4-7-10-13-16-19-22-25-28-30-31-32-33-34-37-39-42-45-48-51-54-57-63(66)69-60-61(59-68-62(65)56-53-50-47-44-41-38-35-27-24-21-18-15-12-9-6-3)70-64(67)58-55-52-49-46-43-40-36-29-26-23-20-17-14-11-8-5-2/h7,9-10,12,16,18-19,21,25,27-29,31-32,34-37,41,44,61H,4-6,8,11,13-15,17,20,22-24,26,30,33,38-40,42-43,45-60H2,1-3H3/b10-7-,12-9-,19-16-,21-18-,28-25-,32-31-,35-27-,36-29-,37-34-,44-41-. The number of esters is 3. The monoisotopic (exact) mass is 969 g/mol. The number of carbonyl (C=O) groups excluding carboxylic acids is 3. The Morgan fingerprint density at radius 1 is 0.300 bits per heavy atom. The van der Waals surface area contributed by atoms with Crippen LogP contribution in [0, 0.1) is 0 Å². The maximum atomic E-state index is 12.9. The zero-order chi connectivity index (χ0) is 50.7. The van der Waals surface area contributed by atoms with Gasteiger partial charge in [0.1, 0.15) is 13.2 Å². The minimum Gasteiger partial charge on any atom is -0.462 e. The molecule has 6 nitrogen and oxygen atoms in total. The lowest BCUT2D eigenvalue weighted by atomic mass is 10.1. The summed E-state index contributed by atoms with van der Waals surface area (Å²) in [6.45, 7) is 6.35. The lowest BCUT2D eigenvalue weighted by Crippen LogP contribution is -2.30. The lowest BCUT2D eigenvalue weighted by Gasteiger charge is -2.18. The molecule has 0 aliphatic rings. The zero-order valence-electron chi connectivity index (χ0n) is 45.2. The third-order valence-corrected chi connectivity index (χ3v) is 11.7. The molecule has 0 saturated heterocycles. The number of hydrogen-bond acceptors (Lipinski definition) is 6. The first-order chi connectivity index (χ1) is 34.5. The molecule has 0 saturated carbocycles. The van der Waals surface area contributed by atoms with E-state index in [9.17, 15) is 14.4 Å². The molecular weight excluding hydrogens is 865 g/mol. The van der Waals surface area contributed by atoms with Crippen LogP contribution in [0.3, 0.4) is 0 Å². The van der Waals surface area contributed by atoms with Crippen molar-refractivity contribution in [3.63, 3.8) is 0 Å². The van der Waals surface area contributed by atoms with E-state index in [1.54, 1.807) is 0 Å². The SMILES string of the molecule is CC/C=C\C/C=C\C/C=C\C/C=C\C/C=C\CCCCCCCC(=O)OCC(COC(=O)CCCC/C=C\C/C=C\C/C=C\C/C=C\CC)OC(=O)CCCCCCC/C=C\CCCCCCCCC. The Morgan fingerprint density at radius 2 is 0.557 bits per heavy atom. The topological polar surface area (TPSA) is 78.9 Å². The molecule has 1 unspecified atom stereocenters. The smallest absolute Gasteiger partial charge is 0.306 e. The largest absolute Gasteiger partial charge is 0.462 e. The van der Waals surface area contributed by atoms with E-state index in [0.29, 0.717) is 25.7 Å². The summed E-state index contributed by atoms with van der Waals surface area (Å²) in [6.07, 6.45) is 79.0. The van der Waals surface area contributed by atoms with Crippen molar-refractivity contribution < 1.29 is 28.6 Å². The van der Waals surface area contributed by atoms with E-state index >= 15 is 0 Å². The average molecular weight is 970 g/mol. The first-order valence-corrected chi connectivity index (χ1v) is 28.5. The zero-order valence-corrected chi connectivity index (χ0v) is 45.2. The molecule has 0 aromatic carbocycles. The van der Waals surface area contributed by atoms with Gasteiger partial charge in [-0.05, 0) is 128 Å². The highest BCUT2D eigenvalue weighted by Crippen LogP contribution is 2.13. The molecule has 0 bridgehead atoms. The van der Waals surface area contributed by atoms with Crippen LogP contribution in [-0.2, 0) is 28.6 Å². The van der Waals surface area contributed by atoms with Gasteiger partial charge in [0.25, 0.3) is 0 Å². The van der Waals surface area contributed by atoms with E-state index in [1.807, 2.05) is 0 Å². The molecule has 0 aromatic rings. The van der Waals surface area contributed by atoms with Gasteiger partial charge in [0.2, 0.25) is 0 Å². The number of unbranched alkanes of at least 4 members (excludes halogenated alkanes) is 19. The molecule has 0 aliphatic carbocycles. The van der Waals surface area contributed by atoms with E-state index < -0.39 is 6.10 Å². The lowest BCUT2D eigenvalue weighted by molar-refractivity contribution is -0.167. The molecule has 70 heavy (non-hydrogen) atoms. The summed E-state index contributed by atoms with van der Waals surface area (Å²) in [4.78, 5) is 38.1. The normalized spacial score (nSPS) is 13.0. The van der Waals surface area contributed by atoms with E-state index in [-0.39, 0.29) is 31.1 Å². The summed E-state index contributed by atoms with van der Waals surface area (Å²) in [5.74, 6) is -0.978. The molecule has 0 aromatic heterocycles. The predicted octanol–water partition coefficient (Wildman–Crippen LogP) is 19.3. The quantitative estimate of drug-likeness (QED) is 0.0262. The number of ether oxygens (including phenoxy) is 3. The minimum absolute atomic E-state index is 0.108. The summed E-state index contributed by atoms with van der Waals surface area (Å²) < 4.78 is 16.8. The molecule has 0 radical (unpaired) electrons. The van der Waals surface area contributed by atoms with E-state index in [4.69, 9.17) is 14.2 Å². The maximum Gasteiger partial charge on any atom is 0.306 e. The molecule has 0 rings (SSSR count). The van der Waals surface area contributed by atoms with Crippen LogP contribution in [0.4, 0.5) is 0 Å². The summed E-state index contributed by atoms with van der Waals surface area (Å²) in [5, 5.41) is 0. The molecule has 1 atom stereocenters. The Hall–Kier alpha value is -4.19. The van der Waals surface area contributed by atoms with Crippen molar-refractivity contribution in [1.82, 2.24) is 0 Å². The van der Waals surface area contributed by atoms with Crippen LogP contribution in [0.2, 0.25) is 0 Å². The van der Waals surface area contributed by atoms with Crippen LogP contribution < -0.4 is 0 Å². The number of rotatable bonds is 50. The van der Waals surface area contributed by atoms with Gasteiger partial charge in [-0.3, -0.25) is 14.4 Å². The van der Waals surface area contributed by atoms with E-state index in [2.05, 4.69) is 142 Å². The van der Waals surface area contributed by atoms with Crippen molar-refractivity contribution in [3.05, 3.63) is 122 Å². The van der Waals surface area contributed by atoms with Gasteiger partial charge in [0, 0.05) is 19.3 Å². The molecule has 6 heteroatoms. The van der Waals surface area contributed by atoms with E-state index in [0.717, 1.165) is 141 Å². The van der Waals surface area contributed by atoms with Crippen molar-refractivity contribution in [3.8, 4) is 0 Å².